The van der Waals surface area contributed by atoms with Crippen molar-refractivity contribution in [2.75, 3.05) is 33.7 Å². The summed E-state index contributed by atoms with van der Waals surface area (Å²) < 4.78 is 0. The monoisotopic (exact) mass is 283 g/mol. The van der Waals surface area contributed by atoms with Gasteiger partial charge in [0.15, 0.2) is 0 Å². The maximum Gasteiger partial charge on any atom is 0.319 e. The normalized spacial score (nSPS) is 20.2. The van der Waals surface area contributed by atoms with E-state index < -0.39 is 5.97 Å². The Morgan fingerprint density at radius 1 is 1.10 bits per heavy atom. The van der Waals surface area contributed by atoms with Gasteiger partial charge in [0, 0.05) is 45.8 Å². The number of nitrogens with zero attached hydrogens (tertiary/aromatic N) is 3. The van der Waals surface area contributed by atoms with Crippen LogP contribution in [0.25, 0.3) is 0 Å². The van der Waals surface area contributed by atoms with Crippen molar-refractivity contribution in [3.05, 3.63) is 0 Å². The summed E-state index contributed by atoms with van der Waals surface area (Å²) in [6.45, 7) is 2.20. The first-order valence-electron chi connectivity index (χ1n) is 7.43. The van der Waals surface area contributed by atoms with Gasteiger partial charge in [-0.2, -0.15) is 0 Å². The molecule has 2 fully saturated rings. The number of hydrogen-bond acceptors (Lipinski definition) is 3. The van der Waals surface area contributed by atoms with E-state index in [9.17, 15) is 9.59 Å². The molecule has 114 valence electrons. The molecule has 0 aromatic carbocycles. The van der Waals surface area contributed by atoms with E-state index in [4.69, 9.17) is 5.11 Å². The van der Waals surface area contributed by atoms with E-state index in [2.05, 4.69) is 4.90 Å². The molecule has 0 aromatic rings. The largest absolute Gasteiger partial charge is 0.481 e. The predicted molar refractivity (Wildman–Crippen MR) is 75.7 cm³/mol. The quantitative estimate of drug-likeness (QED) is 0.820. The fourth-order valence-corrected chi connectivity index (χ4v) is 2.97. The zero-order valence-corrected chi connectivity index (χ0v) is 12.4. The first-order chi connectivity index (χ1) is 9.49. The van der Waals surface area contributed by atoms with Crippen LogP contribution in [0.15, 0.2) is 0 Å². The van der Waals surface area contributed by atoms with Crippen molar-refractivity contribution in [3.8, 4) is 0 Å². The summed E-state index contributed by atoms with van der Waals surface area (Å²) >= 11 is 0. The maximum atomic E-state index is 11.9. The number of likely N-dealkylation sites (tertiary alicyclic amines) is 1. The SMILES string of the molecule is CN(C)C(=O)N1CCC(N(CCC(=O)O)C2CC2)CC1. The van der Waals surface area contributed by atoms with Crippen molar-refractivity contribution >= 4 is 12.0 Å². The maximum absolute atomic E-state index is 11.9. The molecule has 20 heavy (non-hydrogen) atoms. The average Bonchev–Trinajstić information content (AvgIpc) is 3.23. The van der Waals surface area contributed by atoms with Crippen LogP contribution in [0.5, 0.6) is 0 Å². The Morgan fingerprint density at radius 2 is 1.65 bits per heavy atom. The van der Waals surface area contributed by atoms with Crippen LogP contribution >= 0.6 is 0 Å². The Labute approximate surface area is 120 Å². The molecule has 1 saturated heterocycles. The van der Waals surface area contributed by atoms with E-state index in [-0.39, 0.29) is 12.5 Å². The zero-order chi connectivity index (χ0) is 14.7. The second kappa shape index (κ2) is 6.43. The Bertz CT molecular complexity index is 361. The number of carbonyl (C=O) groups excluding carboxylic acids is 1. The number of carbonyl (C=O) groups is 2. The molecule has 2 aliphatic rings. The Kier molecular flexibility index (Phi) is 4.86. The zero-order valence-electron chi connectivity index (χ0n) is 12.4. The molecular weight excluding hydrogens is 258 g/mol. The number of urea groups is 1. The van der Waals surface area contributed by atoms with Crippen LogP contribution < -0.4 is 0 Å². The standard InChI is InChI=1S/C14H25N3O3/c1-15(2)14(20)16-8-5-12(6-9-16)17(11-3-4-11)10-7-13(18)19/h11-12H,3-10H2,1-2H3,(H,18,19). The van der Waals surface area contributed by atoms with Crippen LogP contribution in [0.4, 0.5) is 4.79 Å². The van der Waals surface area contributed by atoms with Gasteiger partial charge in [0.2, 0.25) is 0 Å². The minimum absolute atomic E-state index is 0.0759. The molecule has 2 rings (SSSR count). The highest BCUT2D eigenvalue weighted by atomic mass is 16.4. The molecule has 6 heteroatoms. The molecule has 0 spiro atoms. The van der Waals surface area contributed by atoms with Crippen LogP contribution in [0.1, 0.15) is 32.1 Å². The third kappa shape index (κ3) is 3.85. The van der Waals surface area contributed by atoms with Gasteiger partial charge in [-0.05, 0) is 25.7 Å². The summed E-state index contributed by atoms with van der Waals surface area (Å²) in [6.07, 6.45) is 4.51. The molecule has 0 bridgehead atoms. The van der Waals surface area contributed by atoms with Crippen LogP contribution in [0.2, 0.25) is 0 Å². The van der Waals surface area contributed by atoms with Gasteiger partial charge in [-0.15, -0.1) is 0 Å². The van der Waals surface area contributed by atoms with Gasteiger partial charge in [0.25, 0.3) is 0 Å². The number of aliphatic carboxylic acids is 1. The number of amides is 2. The van der Waals surface area contributed by atoms with Gasteiger partial charge in [0.1, 0.15) is 0 Å². The van der Waals surface area contributed by atoms with E-state index in [0.29, 0.717) is 18.6 Å². The lowest BCUT2D eigenvalue weighted by Crippen LogP contribution is -2.50. The number of rotatable bonds is 5. The smallest absolute Gasteiger partial charge is 0.319 e. The molecule has 1 aliphatic carbocycles. The van der Waals surface area contributed by atoms with Crippen LogP contribution in [0, 0.1) is 0 Å². The minimum atomic E-state index is -0.726. The average molecular weight is 283 g/mol. The fraction of sp³-hybridized carbons (Fsp3) is 0.857. The molecule has 1 saturated carbocycles. The third-order valence-corrected chi connectivity index (χ3v) is 4.19. The predicted octanol–water partition coefficient (Wildman–Crippen LogP) is 1.07. The number of carboxylic acid groups (broad SMARTS) is 1. The van der Waals surface area contributed by atoms with Crippen LogP contribution in [-0.4, -0.2) is 77.6 Å². The van der Waals surface area contributed by atoms with Crippen molar-refractivity contribution in [2.45, 2.75) is 44.2 Å². The van der Waals surface area contributed by atoms with E-state index in [0.717, 1.165) is 25.9 Å². The van der Waals surface area contributed by atoms with Gasteiger partial charge >= 0.3 is 12.0 Å². The third-order valence-electron chi connectivity index (χ3n) is 4.19. The van der Waals surface area contributed by atoms with E-state index >= 15 is 0 Å². The van der Waals surface area contributed by atoms with Gasteiger partial charge in [-0.3, -0.25) is 9.69 Å². The van der Waals surface area contributed by atoms with Crippen molar-refractivity contribution in [3.63, 3.8) is 0 Å². The van der Waals surface area contributed by atoms with Crippen LogP contribution in [0.3, 0.4) is 0 Å². The summed E-state index contributed by atoms with van der Waals surface area (Å²) in [4.78, 5) is 28.5. The molecule has 1 aliphatic heterocycles. The Morgan fingerprint density at radius 3 is 2.10 bits per heavy atom. The van der Waals surface area contributed by atoms with Crippen molar-refractivity contribution in [1.29, 1.82) is 0 Å². The summed E-state index contributed by atoms with van der Waals surface area (Å²) in [7, 11) is 3.55. The van der Waals surface area contributed by atoms with Crippen LogP contribution in [-0.2, 0) is 4.79 Å². The number of piperidine rings is 1. The Hall–Kier alpha value is -1.30. The fourth-order valence-electron chi connectivity index (χ4n) is 2.97. The lowest BCUT2D eigenvalue weighted by molar-refractivity contribution is -0.137. The van der Waals surface area contributed by atoms with Crippen molar-refractivity contribution in [2.24, 2.45) is 0 Å². The summed E-state index contributed by atoms with van der Waals surface area (Å²) in [5.74, 6) is -0.726. The molecule has 0 aromatic heterocycles. The van der Waals surface area contributed by atoms with Gasteiger partial charge < -0.3 is 14.9 Å². The minimum Gasteiger partial charge on any atom is -0.481 e. The summed E-state index contributed by atoms with van der Waals surface area (Å²) in [5.41, 5.74) is 0. The highest BCUT2D eigenvalue weighted by Crippen LogP contribution is 2.32. The Balaban J connectivity index is 1.84. The van der Waals surface area contributed by atoms with Crippen molar-refractivity contribution < 1.29 is 14.7 Å². The summed E-state index contributed by atoms with van der Waals surface area (Å²) in [6, 6.07) is 1.09. The van der Waals surface area contributed by atoms with E-state index in [1.54, 1.807) is 19.0 Å². The molecular formula is C14H25N3O3. The highest BCUT2D eigenvalue weighted by molar-refractivity contribution is 5.73. The van der Waals surface area contributed by atoms with Crippen molar-refractivity contribution in [1.82, 2.24) is 14.7 Å². The molecule has 0 radical (unpaired) electrons. The molecule has 0 unspecified atom stereocenters. The second-order valence-electron chi connectivity index (χ2n) is 6.01. The highest BCUT2D eigenvalue weighted by Gasteiger charge is 2.36. The summed E-state index contributed by atoms with van der Waals surface area (Å²) in [5, 5.41) is 8.85. The van der Waals surface area contributed by atoms with E-state index in [1.807, 2.05) is 4.90 Å². The van der Waals surface area contributed by atoms with Gasteiger partial charge in [-0.1, -0.05) is 0 Å². The molecule has 1 N–H and O–H groups in total. The molecule has 1 heterocycles. The second-order valence-corrected chi connectivity index (χ2v) is 6.01. The lowest BCUT2D eigenvalue weighted by atomic mass is 10.0. The van der Waals surface area contributed by atoms with Gasteiger partial charge in [0.05, 0.1) is 6.42 Å². The number of hydrogen-bond donors (Lipinski definition) is 1. The first-order valence-corrected chi connectivity index (χ1v) is 7.43. The van der Waals surface area contributed by atoms with E-state index in [1.165, 1.54) is 12.8 Å². The van der Waals surface area contributed by atoms with Gasteiger partial charge in [-0.25, -0.2) is 4.79 Å². The topological polar surface area (TPSA) is 64.1 Å². The lowest BCUT2D eigenvalue weighted by Gasteiger charge is -2.39. The molecule has 0 atom stereocenters. The molecule has 2 amide bonds. The first kappa shape index (κ1) is 15.1. The molecule has 6 nitrogen and oxygen atoms in total. The number of carboxylic acids is 1.